The van der Waals surface area contributed by atoms with Crippen molar-refractivity contribution in [1.29, 1.82) is 0 Å². The maximum atomic E-state index is 15.0. The van der Waals surface area contributed by atoms with Crippen LogP contribution in [0.25, 0.3) is 11.1 Å². The Kier molecular flexibility index (Phi) is 5.48. The molecular weight excluding hydrogens is 453 g/mol. The summed E-state index contributed by atoms with van der Waals surface area (Å²) in [5.74, 6) is -0.690. The normalized spacial score (nSPS) is 19.2. The van der Waals surface area contributed by atoms with E-state index in [1.807, 2.05) is 42.5 Å². The average Bonchev–Trinajstić information content (AvgIpc) is 3.67. The van der Waals surface area contributed by atoms with Crippen LogP contribution in [0.4, 0.5) is 21.6 Å². The van der Waals surface area contributed by atoms with Crippen molar-refractivity contribution in [1.82, 2.24) is 9.88 Å². The molecule has 2 fully saturated rings. The number of anilines is 3. The number of halogens is 1. The van der Waals surface area contributed by atoms with Crippen LogP contribution in [-0.2, 0) is 5.41 Å². The van der Waals surface area contributed by atoms with Gasteiger partial charge >= 0.3 is 0 Å². The number of carbonyl (C=O) groups is 1. The Bertz CT molecular complexity index is 1310. The van der Waals surface area contributed by atoms with Crippen molar-refractivity contribution in [3.05, 3.63) is 71.7 Å². The minimum atomic E-state index is -0.624. The summed E-state index contributed by atoms with van der Waals surface area (Å²) < 4.78 is 15.0. The first kappa shape index (κ1) is 23.0. The van der Waals surface area contributed by atoms with Crippen LogP contribution >= 0.6 is 0 Å². The fraction of sp³-hybridized carbons (Fsp3) is 0.379. The molecule has 36 heavy (non-hydrogen) atoms. The highest BCUT2D eigenvalue weighted by Crippen LogP contribution is 2.53. The number of aromatic nitrogens is 1. The monoisotopic (exact) mass is 485 g/mol. The number of nitrogens with zero attached hydrogens (tertiary/aromatic N) is 4. The Balaban J connectivity index is 1.29. The molecular formula is C29H32FN5O. The highest BCUT2D eigenvalue weighted by molar-refractivity contribution is 6.10. The van der Waals surface area contributed by atoms with Crippen LogP contribution in [0, 0.1) is 5.95 Å². The summed E-state index contributed by atoms with van der Waals surface area (Å²) in [5, 5.41) is 0. The predicted octanol–water partition coefficient (Wildman–Crippen LogP) is 4.69. The van der Waals surface area contributed by atoms with Crippen LogP contribution in [0.2, 0.25) is 0 Å². The van der Waals surface area contributed by atoms with Crippen LogP contribution in [0.3, 0.4) is 0 Å². The smallest absolute Gasteiger partial charge is 0.258 e. The first-order valence-electron chi connectivity index (χ1n) is 12.8. The van der Waals surface area contributed by atoms with Crippen LogP contribution < -0.4 is 15.5 Å². The number of fused-ring (bicyclic) bond motifs is 2. The minimum absolute atomic E-state index is 0.0350. The third kappa shape index (κ3) is 3.82. The molecule has 1 spiro atoms. The first-order valence-corrected chi connectivity index (χ1v) is 12.8. The SMILES string of the molecule is CC(C)N1CCN(c2ccc(-c3cc(N4CC5(CC5)c5ccccc5C4=O)c(N)nc3F)cc2)CC1. The summed E-state index contributed by atoms with van der Waals surface area (Å²) >= 11 is 0. The quantitative estimate of drug-likeness (QED) is 0.543. The maximum Gasteiger partial charge on any atom is 0.258 e. The van der Waals surface area contributed by atoms with E-state index in [0.717, 1.165) is 55.8 Å². The Morgan fingerprint density at radius 3 is 2.33 bits per heavy atom. The van der Waals surface area contributed by atoms with E-state index in [4.69, 9.17) is 5.73 Å². The molecule has 3 heterocycles. The van der Waals surface area contributed by atoms with Gasteiger partial charge in [-0.25, -0.2) is 4.98 Å². The molecule has 0 atom stereocenters. The van der Waals surface area contributed by atoms with Gasteiger partial charge in [0.05, 0.1) is 5.69 Å². The van der Waals surface area contributed by atoms with Crippen molar-refractivity contribution in [2.45, 2.75) is 38.1 Å². The topological polar surface area (TPSA) is 65.7 Å². The summed E-state index contributed by atoms with van der Waals surface area (Å²) in [7, 11) is 0. The lowest BCUT2D eigenvalue weighted by Gasteiger charge is -2.38. The number of piperazine rings is 1. The van der Waals surface area contributed by atoms with Crippen molar-refractivity contribution in [2.75, 3.05) is 48.3 Å². The zero-order valence-electron chi connectivity index (χ0n) is 20.9. The Hall–Kier alpha value is -3.45. The largest absolute Gasteiger partial charge is 0.382 e. The van der Waals surface area contributed by atoms with E-state index in [1.165, 1.54) is 0 Å². The van der Waals surface area contributed by atoms with Gasteiger partial charge in [0, 0.05) is 61.0 Å². The molecule has 2 N–H and O–H groups in total. The molecule has 7 heteroatoms. The summed E-state index contributed by atoms with van der Waals surface area (Å²) in [5.41, 5.74) is 10.7. The van der Waals surface area contributed by atoms with E-state index in [2.05, 4.69) is 34.7 Å². The zero-order valence-corrected chi connectivity index (χ0v) is 20.9. The number of carbonyl (C=O) groups excluding carboxylic acids is 1. The van der Waals surface area contributed by atoms with Crippen LogP contribution in [0.5, 0.6) is 0 Å². The molecule has 0 unspecified atom stereocenters. The van der Waals surface area contributed by atoms with Crippen molar-refractivity contribution in [3.63, 3.8) is 0 Å². The third-order valence-electron chi connectivity index (χ3n) is 8.15. The molecule has 1 aromatic heterocycles. The average molecular weight is 486 g/mol. The number of benzene rings is 2. The standard InChI is InChI=1S/C29H32FN5O/c1-19(2)33-13-15-34(16-14-33)21-9-7-20(8-10-21)23-17-25(27(31)32-26(23)30)35-18-29(11-12-29)24-6-4-3-5-22(24)28(35)36/h3-10,17,19H,11-16,18H2,1-2H3,(H2,31,32). The summed E-state index contributed by atoms with van der Waals surface area (Å²) in [6.07, 6.45) is 2.06. The lowest BCUT2D eigenvalue weighted by Crippen LogP contribution is -2.48. The number of nitrogen functional groups attached to an aromatic ring is 1. The summed E-state index contributed by atoms with van der Waals surface area (Å²) in [6, 6.07) is 18.0. The van der Waals surface area contributed by atoms with Crippen molar-refractivity contribution in [3.8, 4) is 11.1 Å². The van der Waals surface area contributed by atoms with E-state index in [1.54, 1.807) is 11.0 Å². The van der Waals surface area contributed by atoms with Gasteiger partial charge in [0.1, 0.15) is 0 Å². The lowest BCUT2D eigenvalue weighted by molar-refractivity contribution is 0.0974. The van der Waals surface area contributed by atoms with Crippen molar-refractivity contribution < 1.29 is 9.18 Å². The highest BCUT2D eigenvalue weighted by Gasteiger charge is 2.51. The third-order valence-corrected chi connectivity index (χ3v) is 8.15. The molecule has 3 aliphatic rings. The molecule has 0 radical (unpaired) electrons. The number of rotatable bonds is 4. The van der Waals surface area contributed by atoms with Gasteiger partial charge in [-0.3, -0.25) is 9.69 Å². The van der Waals surface area contributed by atoms with Gasteiger partial charge in [0.2, 0.25) is 5.95 Å². The van der Waals surface area contributed by atoms with Gasteiger partial charge in [-0.1, -0.05) is 30.3 Å². The molecule has 1 aliphatic carbocycles. The molecule has 1 saturated heterocycles. The molecule has 0 bridgehead atoms. The minimum Gasteiger partial charge on any atom is -0.382 e. The molecule has 2 aliphatic heterocycles. The molecule has 186 valence electrons. The van der Waals surface area contributed by atoms with E-state index >= 15 is 4.39 Å². The van der Waals surface area contributed by atoms with Crippen LogP contribution in [-0.4, -0.2) is 54.6 Å². The van der Waals surface area contributed by atoms with E-state index in [9.17, 15) is 4.79 Å². The Morgan fingerprint density at radius 1 is 0.972 bits per heavy atom. The van der Waals surface area contributed by atoms with E-state index in [0.29, 0.717) is 29.4 Å². The number of nitrogens with two attached hydrogens (primary N) is 1. The second kappa shape index (κ2) is 8.59. The zero-order chi connectivity index (χ0) is 25.0. The van der Waals surface area contributed by atoms with Crippen molar-refractivity contribution in [2.24, 2.45) is 0 Å². The maximum absolute atomic E-state index is 15.0. The fourth-order valence-corrected chi connectivity index (χ4v) is 5.77. The highest BCUT2D eigenvalue weighted by atomic mass is 19.1. The second-order valence-corrected chi connectivity index (χ2v) is 10.6. The second-order valence-electron chi connectivity index (χ2n) is 10.6. The van der Waals surface area contributed by atoms with Gasteiger partial charge in [-0.2, -0.15) is 4.39 Å². The van der Waals surface area contributed by atoms with Crippen molar-refractivity contribution >= 4 is 23.1 Å². The van der Waals surface area contributed by atoms with E-state index in [-0.39, 0.29) is 17.1 Å². The molecule has 6 rings (SSSR count). The van der Waals surface area contributed by atoms with Crippen LogP contribution in [0.1, 0.15) is 42.6 Å². The molecule has 1 saturated carbocycles. The molecule has 1 amide bonds. The van der Waals surface area contributed by atoms with Gasteiger partial charge < -0.3 is 15.5 Å². The van der Waals surface area contributed by atoms with Gasteiger partial charge in [-0.05, 0) is 62.1 Å². The first-order chi connectivity index (χ1) is 17.4. The molecule has 6 nitrogen and oxygen atoms in total. The Morgan fingerprint density at radius 2 is 1.67 bits per heavy atom. The summed E-state index contributed by atoms with van der Waals surface area (Å²) in [6.45, 7) is 9.02. The molecule has 2 aromatic carbocycles. The van der Waals surface area contributed by atoms with Gasteiger partial charge in [0.15, 0.2) is 5.82 Å². The number of hydrogen-bond acceptors (Lipinski definition) is 5. The molecule has 3 aromatic rings. The summed E-state index contributed by atoms with van der Waals surface area (Å²) in [4.78, 5) is 24.0. The lowest BCUT2D eigenvalue weighted by atomic mass is 9.86. The van der Waals surface area contributed by atoms with Gasteiger partial charge in [0.25, 0.3) is 5.91 Å². The Labute approximate surface area is 211 Å². The van der Waals surface area contributed by atoms with Gasteiger partial charge in [-0.15, -0.1) is 0 Å². The number of hydrogen-bond donors (Lipinski definition) is 1. The van der Waals surface area contributed by atoms with Crippen LogP contribution in [0.15, 0.2) is 54.6 Å². The predicted molar refractivity (Wildman–Crippen MR) is 142 cm³/mol. The van der Waals surface area contributed by atoms with E-state index < -0.39 is 5.95 Å². The fourth-order valence-electron chi connectivity index (χ4n) is 5.77. The number of amides is 1. The number of pyridine rings is 1.